The summed E-state index contributed by atoms with van der Waals surface area (Å²) in [6.07, 6.45) is 5.97. The lowest BCUT2D eigenvalue weighted by Gasteiger charge is -2.32. The van der Waals surface area contributed by atoms with Crippen molar-refractivity contribution in [2.75, 3.05) is 32.8 Å². The number of rotatable bonds is 8. The van der Waals surface area contributed by atoms with E-state index < -0.39 is 0 Å². The van der Waals surface area contributed by atoms with Crippen molar-refractivity contribution in [3.05, 3.63) is 54.0 Å². The summed E-state index contributed by atoms with van der Waals surface area (Å²) in [6, 6.07) is 5.47. The van der Waals surface area contributed by atoms with Gasteiger partial charge < -0.3 is 24.8 Å². The third kappa shape index (κ3) is 4.61. The van der Waals surface area contributed by atoms with Gasteiger partial charge in [0.2, 0.25) is 5.91 Å². The Morgan fingerprint density at radius 1 is 1.24 bits per heavy atom. The average molecular weight is 537 g/mol. The number of nitrogens with one attached hydrogen (secondary N) is 2. The molecule has 1 amide bonds. The molecule has 1 saturated heterocycles. The van der Waals surface area contributed by atoms with Crippen molar-refractivity contribution in [2.45, 2.75) is 31.8 Å². The summed E-state index contributed by atoms with van der Waals surface area (Å²) in [5.74, 6) is 1.62. The molecule has 4 heterocycles. The molecule has 198 valence electrons. The number of ether oxygens (including phenoxy) is 3. The molecule has 0 radical (unpaired) electrons. The summed E-state index contributed by atoms with van der Waals surface area (Å²) in [4.78, 5) is 21.1. The lowest BCUT2D eigenvalue weighted by atomic mass is 9.96. The van der Waals surface area contributed by atoms with Crippen LogP contribution < -0.4 is 20.1 Å². The largest absolute Gasteiger partial charge is 0.496 e. The maximum Gasteiger partial charge on any atom is 0.243 e. The minimum atomic E-state index is -0.241. The van der Waals surface area contributed by atoms with Crippen molar-refractivity contribution in [3.63, 3.8) is 0 Å². The zero-order chi connectivity index (χ0) is 26.8. The highest BCUT2D eigenvalue weighted by Gasteiger charge is 2.27. The Morgan fingerprint density at radius 3 is 2.79 bits per heavy atom. The summed E-state index contributed by atoms with van der Waals surface area (Å²) in [5.41, 5.74) is 4.00. The van der Waals surface area contributed by atoms with Crippen LogP contribution in [-0.4, -0.2) is 65.0 Å². The average Bonchev–Trinajstić information content (AvgIpc) is 3.44. The number of nitrogens with zero attached hydrogens (tertiary/aromatic N) is 4. The molecule has 2 N–H and O–H groups in total. The first-order valence-corrected chi connectivity index (χ1v) is 12.7. The van der Waals surface area contributed by atoms with Crippen LogP contribution in [0.25, 0.3) is 27.7 Å². The summed E-state index contributed by atoms with van der Waals surface area (Å²) >= 11 is 6.86. The van der Waals surface area contributed by atoms with E-state index in [1.54, 1.807) is 31.0 Å². The molecule has 11 heteroatoms. The SMILES string of the molecule is C=CC(=O)N[C@@H]1COCC[C@@H]1Nc1cc2c(cn1)cc(-c1c(Cl)c(OC)cc(OC)c1CC)c1ncnn12. The normalized spacial score (nSPS) is 17.4. The first-order valence-electron chi connectivity index (χ1n) is 12.3. The molecule has 1 aromatic carbocycles. The molecule has 1 aliphatic rings. The van der Waals surface area contributed by atoms with Gasteiger partial charge in [-0.2, -0.15) is 5.10 Å². The Labute approximate surface area is 225 Å². The molecule has 0 unspecified atom stereocenters. The van der Waals surface area contributed by atoms with Gasteiger partial charge in [-0.25, -0.2) is 14.5 Å². The van der Waals surface area contributed by atoms with E-state index in [1.807, 2.05) is 19.1 Å². The van der Waals surface area contributed by atoms with E-state index in [2.05, 4.69) is 32.3 Å². The van der Waals surface area contributed by atoms with Crippen LogP contribution in [0.1, 0.15) is 18.9 Å². The van der Waals surface area contributed by atoms with Crippen molar-refractivity contribution >= 4 is 39.9 Å². The molecular formula is C27H29ClN6O4. The molecule has 1 aliphatic heterocycles. The maximum absolute atomic E-state index is 11.9. The minimum Gasteiger partial charge on any atom is -0.496 e. The van der Waals surface area contributed by atoms with Crippen molar-refractivity contribution in [1.82, 2.24) is 24.9 Å². The van der Waals surface area contributed by atoms with Crippen LogP contribution in [0.3, 0.4) is 0 Å². The fourth-order valence-corrected chi connectivity index (χ4v) is 5.28. The maximum atomic E-state index is 11.9. The van der Waals surface area contributed by atoms with Crippen molar-refractivity contribution in [2.24, 2.45) is 0 Å². The van der Waals surface area contributed by atoms with Crippen molar-refractivity contribution in [3.8, 4) is 22.6 Å². The number of benzene rings is 1. The topological polar surface area (TPSA) is 112 Å². The van der Waals surface area contributed by atoms with Gasteiger partial charge in [0, 0.05) is 47.0 Å². The van der Waals surface area contributed by atoms with E-state index in [0.717, 1.165) is 34.0 Å². The molecule has 0 bridgehead atoms. The first-order chi connectivity index (χ1) is 18.5. The van der Waals surface area contributed by atoms with E-state index in [0.29, 0.717) is 47.6 Å². The Kier molecular flexibility index (Phi) is 7.35. The van der Waals surface area contributed by atoms with Crippen LogP contribution in [0.5, 0.6) is 11.5 Å². The standard InChI is InChI=1S/C27H29ClN6O4/c1-5-16-21(36-3)11-22(37-4)26(28)25(16)17-9-15-12-29-23(10-20(15)34-27(17)30-14-31-34)32-18-7-8-38-13-19(18)33-24(35)6-2/h6,9-12,14,18-19H,2,5,7-8,13H2,1,3-4H3,(H,29,32)(H,33,35)/t18-,19+/m0/s1. The second-order valence-corrected chi connectivity index (χ2v) is 9.30. The van der Waals surface area contributed by atoms with Gasteiger partial charge in [0.25, 0.3) is 0 Å². The predicted molar refractivity (Wildman–Crippen MR) is 146 cm³/mol. The third-order valence-electron chi connectivity index (χ3n) is 6.79. The summed E-state index contributed by atoms with van der Waals surface area (Å²) in [5, 5.41) is 12.2. The molecule has 3 aromatic heterocycles. The van der Waals surface area contributed by atoms with Crippen LogP contribution in [-0.2, 0) is 16.0 Å². The molecule has 0 spiro atoms. The van der Waals surface area contributed by atoms with E-state index in [-0.39, 0.29) is 18.0 Å². The summed E-state index contributed by atoms with van der Waals surface area (Å²) in [6.45, 7) is 6.58. The van der Waals surface area contributed by atoms with Crippen LogP contribution >= 0.6 is 11.6 Å². The molecule has 2 atom stereocenters. The van der Waals surface area contributed by atoms with Gasteiger partial charge in [0.15, 0.2) is 5.65 Å². The molecule has 5 rings (SSSR count). The second-order valence-electron chi connectivity index (χ2n) is 8.92. The highest BCUT2D eigenvalue weighted by Crippen LogP contribution is 2.45. The highest BCUT2D eigenvalue weighted by atomic mass is 35.5. The van der Waals surface area contributed by atoms with Crippen molar-refractivity contribution < 1.29 is 19.0 Å². The smallest absolute Gasteiger partial charge is 0.243 e. The van der Waals surface area contributed by atoms with Crippen LogP contribution in [0, 0.1) is 0 Å². The van der Waals surface area contributed by atoms with Gasteiger partial charge in [0.05, 0.1) is 43.4 Å². The van der Waals surface area contributed by atoms with Crippen LogP contribution in [0.2, 0.25) is 5.02 Å². The number of carbonyl (C=O) groups is 1. The number of amides is 1. The van der Waals surface area contributed by atoms with E-state index in [9.17, 15) is 4.79 Å². The quantitative estimate of drug-likeness (QED) is 0.324. The molecular weight excluding hydrogens is 508 g/mol. The van der Waals surface area contributed by atoms with Crippen LogP contribution in [0.4, 0.5) is 5.82 Å². The van der Waals surface area contributed by atoms with Crippen LogP contribution in [0.15, 0.2) is 43.4 Å². The van der Waals surface area contributed by atoms with Gasteiger partial charge >= 0.3 is 0 Å². The molecule has 0 saturated carbocycles. The lowest BCUT2D eigenvalue weighted by Crippen LogP contribution is -2.52. The Hall–Kier alpha value is -3.89. The zero-order valence-corrected chi connectivity index (χ0v) is 22.2. The Bertz CT molecular complexity index is 1520. The highest BCUT2D eigenvalue weighted by molar-refractivity contribution is 6.35. The lowest BCUT2D eigenvalue weighted by molar-refractivity contribution is -0.118. The zero-order valence-electron chi connectivity index (χ0n) is 21.5. The number of carbonyl (C=O) groups excluding carboxylic acids is 1. The summed E-state index contributed by atoms with van der Waals surface area (Å²) < 4.78 is 18.6. The molecule has 10 nitrogen and oxygen atoms in total. The fourth-order valence-electron chi connectivity index (χ4n) is 4.93. The molecule has 0 aliphatic carbocycles. The molecule has 38 heavy (non-hydrogen) atoms. The Balaban J connectivity index is 1.60. The van der Waals surface area contributed by atoms with Crippen molar-refractivity contribution in [1.29, 1.82) is 0 Å². The number of aromatic nitrogens is 4. The monoisotopic (exact) mass is 536 g/mol. The van der Waals surface area contributed by atoms with Gasteiger partial charge in [-0.05, 0) is 25.0 Å². The molecule has 4 aromatic rings. The third-order valence-corrected chi connectivity index (χ3v) is 7.17. The number of halogens is 1. The van der Waals surface area contributed by atoms with Gasteiger partial charge in [0.1, 0.15) is 23.6 Å². The minimum absolute atomic E-state index is 0.0572. The summed E-state index contributed by atoms with van der Waals surface area (Å²) in [7, 11) is 3.20. The number of hydrogen-bond donors (Lipinski definition) is 2. The first kappa shape index (κ1) is 25.7. The second kappa shape index (κ2) is 10.8. The predicted octanol–water partition coefficient (Wildman–Crippen LogP) is 4.05. The van der Waals surface area contributed by atoms with Gasteiger partial charge in [-0.3, -0.25) is 4.79 Å². The Morgan fingerprint density at radius 2 is 2.05 bits per heavy atom. The van der Waals surface area contributed by atoms with E-state index in [4.69, 9.17) is 25.8 Å². The van der Waals surface area contributed by atoms with Gasteiger partial charge in [-0.15, -0.1) is 0 Å². The number of anilines is 1. The number of fused-ring (bicyclic) bond motifs is 3. The molecule has 1 fully saturated rings. The fraction of sp³-hybridized carbons (Fsp3) is 0.333. The van der Waals surface area contributed by atoms with E-state index in [1.165, 1.54) is 12.4 Å². The van der Waals surface area contributed by atoms with Gasteiger partial charge in [-0.1, -0.05) is 25.1 Å². The number of pyridine rings is 2. The number of methoxy groups -OCH3 is 2. The van der Waals surface area contributed by atoms with E-state index >= 15 is 0 Å². The number of hydrogen-bond acceptors (Lipinski definition) is 8.